The van der Waals surface area contributed by atoms with E-state index in [0.29, 0.717) is 0 Å². The first-order chi connectivity index (χ1) is 8.14. The van der Waals surface area contributed by atoms with Gasteiger partial charge in [0, 0.05) is 35.6 Å². The van der Waals surface area contributed by atoms with Crippen LogP contribution in [0.4, 0.5) is 5.69 Å². The van der Waals surface area contributed by atoms with Crippen molar-refractivity contribution in [3.63, 3.8) is 0 Å². The molecule has 0 atom stereocenters. The van der Waals surface area contributed by atoms with E-state index in [1.807, 2.05) is 11.3 Å². The molecule has 1 N–H and O–H groups in total. The Labute approximate surface area is 106 Å². The maximum atomic E-state index is 3.55. The lowest BCUT2D eigenvalue weighted by Crippen LogP contribution is -2.57. The van der Waals surface area contributed by atoms with Crippen LogP contribution in [-0.2, 0) is 0 Å². The second kappa shape index (κ2) is 4.00. The molecule has 0 radical (unpaired) electrons. The van der Waals surface area contributed by atoms with Gasteiger partial charge in [0.25, 0.3) is 0 Å². The lowest BCUT2D eigenvalue weighted by Gasteiger charge is -2.40. The minimum atomic E-state index is 0.210. The van der Waals surface area contributed by atoms with E-state index in [9.17, 15) is 0 Å². The molecule has 2 aromatic rings. The Bertz CT molecular complexity index is 530. The van der Waals surface area contributed by atoms with Crippen LogP contribution in [0.5, 0.6) is 0 Å². The minimum absolute atomic E-state index is 0.210. The molecule has 17 heavy (non-hydrogen) atoms. The number of hydrogen-bond donors (Lipinski definition) is 1. The van der Waals surface area contributed by atoms with Gasteiger partial charge in [-0.25, -0.2) is 0 Å². The maximum absolute atomic E-state index is 3.55. The highest BCUT2D eigenvalue weighted by Gasteiger charge is 2.25. The topological polar surface area (TPSA) is 15.3 Å². The van der Waals surface area contributed by atoms with Gasteiger partial charge in [0.2, 0.25) is 0 Å². The molecule has 2 nitrogen and oxygen atoms in total. The number of benzene rings is 1. The summed E-state index contributed by atoms with van der Waals surface area (Å²) < 4.78 is 1.38. The second-order valence-electron chi connectivity index (χ2n) is 5.37. The van der Waals surface area contributed by atoms with Gasteiger partial charge < -0.3 is 10.2 Å². The van der Waals surface area contributed by atoms with Gasteiger partial charge in [-0.05, 0) is 48.9 Å². The van der Waals surface area contributed by atoms with E-state index in [4.69, 9.17) is 0 Å². The van der Waals surface area contributed by atoms with Gasteiger partial charge in [-0.2, -0.15) is 0 Å². The van der Waals surface area contributed by atoms with Crippen LogP contribution in [0.1, 0.15) is 13.8 Å². The van der Waals surface area contributed by atoms with Crippen LogP contribution in [0, 0.1) is 0 Å². The van der Waals surface area contributed by atoms with Crippen LogP contribution >= 0.6 is 11.3 Å². The average molecular weight is 246 g/mol. The molecule has 1 fully saturated rings. The quantitative estimate of drug-likeness (QED) is 0.832. The third kappa shape index (κ3) is 2.17. The SMILES string of the molecule is CC1(C)CN(c2ccc3sccc3c2)CCN1. The number of thiophene rings is 1. The van der Waals surface area contributed by atoms with Gasteiger partial charge in [-0.15, -0.1) is 11.3 Å². The molecule has 1 aliphatic rings. The van der Waals surface area contributed by atoms with Crippen LogP contribution in [0.2, 0.25) is 0 Å². The molecule has 3 heteroatoms. The number of rotatable bonds is 1. The number of piperazine rings is 1. The summed E-state index contributed by atoms with van der Waals surface area (Å²) in [6.45, 7) is 7.76. The van der Waals surface area contributed by atoms with Crippen LogP contribution in [0.3, 0.4) is 0 Å². The van der Waals surface area contributed by atoms with Gasteiger partial charge in [-0.3, -0.25) is 0 Å². The molecule has 1 aromatic carbocycles. The van der Waals surface area contributed by atoms with Crippen molar-refractivity contribution < 1.29 is 0 Å². The standard InChI is InChI=1S/C14H18N2S/c1-14(2)10-16(7-6-15-14)12-3-4-13-11(9-12)5-8-17-13/h3-5,8-9,15H,6-7,10H2,1-2H3. The Hall–Kier alpha value is -1.06. The summed E-state index contributed by atoms with van der Waals surface area (Å²) in [7, 11) is 0. The molecule has 0 unspecified atom stereocenters. The zero-order chi connectivity index (χ0) is 11.9. The average Bonchev–Trinajstić information content (AvgIpc) is 2.74. The zero-order valence-electron chi connectivity index (χ0n) is 10.4. The fourth-order valence-corrected chi connectivity index (χ4v) is 3.28. The molecular weight excluding hydrogens is 228 g/mol. The number of hydrogen-bond acceptors (Lipinski definition) is 3. The molecule has 0 aliphatic carbocycles. The van der Waals surface area contributed by atoms with Crippen molar-refractivity contribution in [1.82, 2.24) is 5.32 Å². The van der Waals surface area contributed by atoms with Crippen molar-refractivity contribution in [2.24, 2.45) is 0 Å². The molecule has 1 aliphatic heterocycles. The van der Waals surface area contributed by atoms with Gasteiger partial charge in [-0.1, -0.05) is 0 Å². The van der Waals surface area contributed by atoms with Crippen LogP contribution in [0.15, 0.2) is 29.6 Å². The van der Waals surface area contributed by atoms with Crippen molar-refractivity contribution in [1.29, 1.82) is 0 Å². The van der Waals surface area contributed by atoms with E-state index < -0.39 is 0 Å². The molecule has 2 heterocycles. The van der Waals surface area contributed by atoms with E-state index in [2.05, 4.69) is 53.7 Å². The van der Waals surface area contributed by atoms with Crippen molar-refractivity contribution in [2.75, 3.05) is 24.5 Å². The fourth-order valence-electron chi connectivity index (χ4n) is 2.51. The Kier molecular flexibility index (Phi) is 2.60. The molecule has 1 aromatic heterocycles. The molecular formula is C14H18N2S. The number of nitrogens with zero attached hydrogens (tertiary/aromatic N) is 1. The lowest BCUT2D eigenvalue weighted by atomic mass is 10.0. The lowest BCUT2D eigenvalue weighted by molar-refractivity contribution is 0.353. The summed E-state index contributed by atoms with van der Waals surface area (Å²) in [6.07, 6.45) is 0. The summed E-state index contributed by atoms with van der Waals surface area (Å²) in [4.78, 5) is 2.48. The zero-order valence-corrected chi connectivity index (χ0v) is 11.2. The van der Waals surface area contributed by atoms with E-state index in [1.165, 1.54) is 15.8 Å². The Morgan fingerprint density at radius 2 is 2.18 bits per heavy atom. The monoisotopic (exact) mass is 246 g/mol. The Morgan fingerprint density at radius 1 is 1.29 bits per heavy atom. The van der Waals surface area contributed by atoms with Gasteiger partial charge >= 0.3 is 0 Å². The first-order valence-corrected chi connectivity index (χ1v) is 6.99. The van der Waals surface area contributed by atoms with Crippen molar-refractivity contribution in [2.45, 2.75) is 19.4 Å². The third-order valence-electron chi connectivity index (χ3n) is 3.37. The molecule has 3 rings (SSSR count). The summed E-state index contributed by atoms with van der Waals surface area (Å²) in [5.41, 5.74) is 1.56. The molecule has 90 valence electrons. The van der Waals surface area contributed by atoms with E-state index in [1.54, 1.807) is 0 Å². The van der Waals surface area contributed by atoms with Gasteiger partial charge in [0.15, 0.2) is 0 Å². The summed E-state index contributed by atoms with van der Waals surface area (Å²) in [5, 5.41) is 7.08. The predicted octanol–water partition coefficient (Wildman–Crippen LogP) is 3.09. The second-order valence-corrected chi connectivity index (χ2v) is 6.32. The van der Waals surface area contributed by atoms with Crippen molar-refractivity contribution in [3.8, 4) is 0 Å². The minimum Gasteiger partial charge on any atom is -0.368 e. The Morgan fingerprint density at radius 3 is 3.00 bits per heavy atom. The highest BCUT2D eigenvalue weighted by atomic mass is 32.1. The van der Waals surface area contributed by atoms with E-state index in [-0.39, 0.29) is 5.54 Å². The maximum Gasteiger partial charge on any atom is 0.0374 e. The van der Waals surface area contributed by atoms with Crippen LogP contribution < -0.4 is 10.2 Å². The van der Waals surface area contributed by atoms with E-state index in [0.717, 1.165) is 19.6 Å². The van der Waals surface area contributed by atoms with Crippen molar-refractivity contribution in [3.05, 3.63) is 29.6 Å². The summed E-state index contributed by atoms with van der Waals surface area (Å²) in [5.74, 6) is 0. The fraction of sp³-hybridized carbons (Fsp3) is 0.429. The van der Waals surface area contributed by atoms with Crippen molar-refractivity contribution >= 4 is 27.1 Å². The van der Waals surface area contributed by atoms with E-state index >= 15 is 0 Å². The summed E-state index contributed by atoms with van der Waals surface area (Å²) >= 11 is 1.81. The number of fused-ring (bicyclic) bond motifs is 1. The highest BCUT2D eigenvalue weighted by molar-refractivity contribution is 7.17. The molecule has 0 spiro atoms. The molecule has 0 amide bonds. The van der Waals surface area contributed by atoms with Gasteiger partial charge in [0.05, 0.1) is 0 Å². The predicted molar refractivity (Wildman–Crippen MR) is 76.1 cm³/mol. The number of nitrogens with one attached hydrogen (secondary N) is 1. The number of anilines is 1. The van der Waals surface area contributed by atoms with Gasteiger partial charge in [0.1, 0.15) is 0 Å². The first-order valence-electron chi connectivity index (χ1n) is 6.11. The Balaban J connectivity index is 1.92. The summed E-state index contributed by atoms with van der Waals surface area (Å²) in [6, 6.07) is 9.01. The smallest absolute Gasteiger partial charge is 0.0374 e. The molecule has 1 saturated heterocycles. The van der Waals surface area contributed by atoms with Crippen LogP contribution in [0.25, 0.3) is 10.1 Å². The molecule has 0 saturated carbocycles. The first kappa shape index (κ1) is 11.1. The largest absolute Gasteiger partial charge is 0.368 e. The highest BCUT2D eigenvalue weighted by Crippen LogP contribution is 2.27. The van der Waals surface area contributed by atoms with Crippen LogP contribution in [-0.4, -0.2) is 25.2 Å². The molecule has 0 bridgehead atoms. The normalized spacial score (nSPS) is 19.8. The third-order valence-corrected chi connectivity index (χ3v) is 4.27.